The van der Waals surface area contributed by atoms with Gasteiger partial charge in [-0.05, 0) is 20.0 Å². The highest BCUT2D eigenvalue weighted by molar-refractivity contribution is 5.07. The van der Waals surface area contributed by atoms with Crippen LogP contribution in [-0.2, 0) is 13.5 Å². The quantitative estimate of drug-likeness (QED) is 0.704. The third-order valence-corrected chi connectivity index (χ3v) is 2.70. The number of rotatable bonds is 5. The lowest BCUT2D eigenvalue weighted by atomic mass is 10.2. The maximum absolute atomic E-state index is 4.04. The Morgan fingerprint density at radius 3 is 2.36 bits per heavy atom. The fourth-order valence-electron chi connectivity index (χ4n) is 1.63. The van der Waals surface area contributed by atoms with Crippen LogP contribution in [0, 0.1) is 6.92 Å². The summed E-state index contributed by atoms with van der Waals surface area (Å²) in [6.07, 6.45) is 1.04. The first kappa shape index (κ1) is 11.2. The number of hydrogen-bond donors (Lipinski definition) is 0. The Balaban J connectivity index is 2.52. The van der Waals surface area contributed by atoms with Crippen molar-refractivity contribution in [3.8, 4) is 0 Å². The van der Waals surface area contributed by atoms with E-state index in [2.05, 4.69) is 29.1 Å². The second-order valence-electron chi connectivity index (χ2n) is 3.52. The second-order valence-corrected chi connectivity index (χ2v) is 3.52. The van der Waals surface area contributed by atoms with E-state index in [1.165, 1.54) is 5.69 Å². The van der Waals surface area contributed by atoms with Crippen LogP contribution in [0.25, 0.3) is 0 Å². The summed E-state index contributed by atoms with van der Waals surface area (Å²) in [5.74, 6) is 0. The zero-order chi connectivity index (χ0) is 10.6. The van der Waals surface area contributed by atoms with Gasteiger partial charge in [-0.2, -0.15) is 0 Å². The van der Waals surface area contributed by atoms with Crippen molar-refractivity contribution in [3.63, 3.8) is 0 Å². The summed E-state index contributed by atoms with van der Waals surface area (Å²) >= 11 is 0. The minimum atomic E-state index is 1.04. The molecular formula is C10H20N4. The topological polar surface area (TPSA) is 34.0 Å². The van der Waals surface area contributed by atoms with Gasteiger partial charge in [-0.1, -0.05) is 19.1 Å². The van der Waals surface area contributed by atoms with Crippen LogP contribution in [0.2, 0.25) is 0 Å². The highest BCUT2D eigenvalue weighted by Gasteiger charge is 2.07. The summed E-state index contributed by atoms with van der Waals surface area (Å²) in [5.41, 5.74) is 2.30. The van der Waals surface area contributed by atoms with Gasteiger partial charge < -0.3 is 4.90 Å². The van der Waals surface area contributed by atoms with Crippen molar-refractivity contribution < 1.29 is 0 Å². The molecule has 0 bridgehead atoms. The molecule has 0 aliphatic heterocycles. The van der Waals surface area contributed by atoms with Crippen LogP contribution in [0.15, 0.2) is 0 Å². The Hall–Kier alpha value is -0.900. The molecule has 0 aliphatic rings. The van der Waals surface area contributed by atoms with Crippen molar-refractivity contribution in [2.24, 2.45) is 7.05 Å². The lowest BCUT2D eigenvalue weighted by Crippen LogP contribution is -2.26. The predicted octanol–water partition coefficient (Wildman–Crippen LogP) is 1.01. The van der Waals surface area contributed by atoms with Gasteiger partial charge >= 0.3 is 0 Å². The fraction of sp³-hybridized carbons (Fsp3) is 0.800. The molecule has 1 aromatic heterocycles. The van der Waals surface area contributed by atoms with Gasteiger partial charge in [-0.3, -0.25) is 4.68 Å². The Bertz CT molecular complexity index is 256. The van der Waals surface area contributed by atoms with Gasteiger partial charge in [0, 0.05) is 20.0 Å². The summed E-state index contributed by atoms with van der Waals surface area (Å²) in [5, 5.41) is 8.03. The van der Waals surface area contributed by atoms with Gasteiger partial charge in [-0.15, -0.1) is 5.10 Å². The SMILES string of the molecule is CCN(CC)CCc1c(C)nnn1C. The van der Waals surface area contributed by atoms with E-state index in [0.29, 0.717) is 0 Å². The van der Waals surface area contributed by atoms with Gasteiger partial charge in [-0.25, -0.2) is 0 Å². The normalized spacial score (nSPS) is 11.2. The van der Waals surface area contributed by atoms with E-state index in [4.69, 9.17) is 0 Å². The molecule has 80 valence electrons. The van der Waals surface area contributed by atoms with Crippen LogP contribution in [0.5, 0.6) is 0 Å². The molecule has 1 heterocycles. The first-order valence-corrected chi connectivity index (χ1v) is 5.26. The molecule has 0 saturated heterocycles. The zero-order valence-corrected chi connectivity index (χ0v) is 9.62. The number of nitrogens with zero attached hydrogens (tertiary/aromatic N) is 4. The standard InChI is InChI=1S/C10H20N4/c1-5-14(6-2)8-7-10-9(3)11-12-13(10)4/h5-8H2,1-4H3. The maximum atomic E-state index is 4.04. The summed E-state index contributed by atoms with van der Waals surface area (Å²) in [7, 11) is 1.96. The molecule has 0 aromatic carbocycles. The molecule has 0 saturated carbocycles. The molecule has 4 nitrogen and oxygen atoms in total. The van der Waals surface area contributed by atoms with E-state index >= 15 is 0 Å². The van der Waals surface area contributed by atoms with Crippen molar-refractivity contribution in [2.45, 2.75) is 27.2 Å². The number of aromatic nitrogens is 3. The molecule has 0 atom stereocenters. The van der Waals surface area contributed by atoms with Crippen LogP contribution >= 0.6 is 0 Å². The van der Waals surface area contributed by atoms with E-state index in [1.807, 2.05) is 18.7 Å². The largest absolute Gasteiger partial charge is 0.303 e. The molecule has 0 amide bonds. The smallest absolute Gasteiger partial charge is 0.0828 e. The minimum absolute atomic E-state index is 1.04. The first-order valence-electron chi connectivity index (χ1n) is 5.26. The lowest BCUT2D eigenvalue weighted by Gasteiger charge is -2.17. The van der Waals surface area contributed by atoms with E-state index < -0.39 is 0 Å². The van der Waals surface area contributed by atoms with Crippen LogP contribution in [0.1, 0.15) is 25.2 Å². The first-order chi connectivity index (χ1) is 6.69. The van der Waals surface area contributed by atoms with Crippen LogP contribution in [0.4, 0.5) is 0 Å². The van der Waals surface area contributed by atoms with Gasteiger partial charge in [0.25, 0.3) is 0 Å². The highest BCUT2D eigenvalue weighted by atomic mass is 15.4. The summed E-state index contributed by atoms with van der Waals surface area (Å²) in [6, 6.07) is 0. The predicted molar refractivity (Wildman–Crippen MR) is 57.2 cm³/mol. The number of aryl methyl sites for hydroxylation is 2. The molecule has 1 aromatic rings. The van der Waals surface area contributed by atoms with Crippen LogP contribution < -0.4 is 0 Å². The average Bonchev–Trinajstić information content (AvgIpc) is 2.50. The Kier molecular flexibility index (Phi) is 4.07. The monoisotopic (exact) mass is 196 g/mol. The molecule has 0 N–H and O–H groups in total. The van der Waals surface area contributed by atoms with Crippen molar-refractivity contribution in [2.75, 3.05) is 19.6 Å². The third-order valence-electron chi connectivity index (χ3n) is 2.70. The number of hydrogen-bond acceptors (Lipinski definition) is 3. The van der Waals surface area contributed by atoms with Gasteiger partial charge in [0.1, 0.15) is 0 Å². The molecule has 0 fully saturated rings. The van der Waals surface area contributed by atoms with Crippen LogP contribution in [0.3, 0.4) is 0 Å². The average molecular weight is 196 g/mol. The van der Waals surface area contributed by atoms with E-state index in [0.717, 1.165) is 31.7 Å². The zero-order valence-electron chi connectivity index (χ0n) is 9.62. The summed E-state index contributed by atoms with van der Waals surface area (Å²) < 4.78 is 1.87. The molecule has 4 heteroatoms. The van der Waals surface area contributed by atoms with E-state index in [1.54, 1.807) is 0 Å². The molecule has 0 aliphatic carbocycles. The molecular weight excluding hydrogens is 176 g/mol. The van der Waals surface area contributed by atoms with Crippen molar-refractivity contribution in [1.29, 1.82) is 0 Å². The van der Waals surface area contributed by atoms with Gasteiger partial charge in [0.2, 0.25) is 0 Å². The van der Waals surface area contributed by atoms with E-state index in [-0.39, 0.29) is 0 Å². The van der Waals surface area contributed by atoms with Crippen LogP contribution in [-0.4, -0.2) is 39.5 Å². The Morgan fingerprint density at radius 1 is 1.29 bits per heavy atom. The molecule has 0 unspecified atom stereocenters. The lowest BCUT2D eigenvalue weighted by molar-refractivity contribution is 0.305. The molecule has 0 radical (unpaired) electrons. The fourth-order valence-corrected chi connectivity index (χ4v) is 1.63. The molecule has 0 spiro atoms. The highest BCUT2D eigenvalue weighted by Crippen LogP contribution is 2.04. The molecule has 14 heavy (non-hydrogen) atoms. The Labute approximate surface area is 85.9 Å². The van der Waals surface area contributed by atoms with Gasteiger partial charge in [0.05, 0.1) is 11.4 Å². The summed E-state index contributed by atoms with van der Waals surface area (Å²) in [4.78, 5) is 2.41. The minimum Gasteiger partial charge on any atom is -0.303 e. The molecule has 1 rings (SSSR count). The maximum Gasteiger partial charge on any atom is 0.0828 e. The number of likely N-dealkylation sites (N-methyl/N-ethyl adjacent to an activating group) is 1. The van der Waals surface area contributed by atoms with Crippen molar-refractivity contribution >= 4 is 0 Å². The van der Waals surface area contributed by atoms with E-state index in [9.17, 15) is 0 Å². The second kappa shape index (κ2) is 5.10. The summed E-state index contributed by atoms with van der Waals surface area (Å²) in [6.45, 7) is 9.72. The van der Waals surface area contributed by atoms with Crippen molar-refractivity contribution in [3.05, 3.63) is 11.4 Å². The third kappa shape index (κ3) is 2.54. The van der Waals surface area contributed by atoms with Gasteiger partial charge in [0.15, 0.2) is 0 Å². The Morgan fingerprint density at radius 2 is 1.93 bits per heavy atom. The van der Waals surface area contributed by atoms with Crippen molar-refractivity contribution in [1.82, 2.24) is 19.9 Å².